The van der Waals surface area contributed by atoms with Crippen LogP contribution >= 0.6 is 58.0 Å². The van der Waals surface area contributed by atoms with E-state index in [0.29, 0.717) is 22.7 Å². The number of nitrogens with zero attached hydrogens (tertiary/aromatic N) is 1. The summed E-state index contributed by atoms with van der Waals surface area (Å²) >= 11 is 31.3. The molecule has 0 heterocycles. The molecule has 4 rings (SSSR count). The molecular formula is C34H31Cl5F2N2O6. The van der Waals surface area contributed by atoms with Gasteiger partial charge >= 0.3 is 12.2 Å². The first-order valence-electron chi connectivity index (χ1n) is 14.7. The maximum atomic E-state index is 15.5. The second-order valence-corrected chi connectivity index (χ2v) is 15.9. The van der Waals surface area contributed by atoms with E-state index in [0.717, 1.165) is 0 Å². The van der Waals surface area contributed by atoms with Crippen LogP contribution in [0.2, 0.25) is 15.1 Å². The maximum absolute atomic E-state index is 15.5. The molecule has 1 aliphatic carbocycles. The van der Waals surface area contributed by atoms with Crippen molar-refractivity contribution in [1.82, 2.24) is 0 Å². The monoisotopic (exact) mass is 776 g/mol. The fourth-order valence-electron chi connectivity index (χ4n) is 4.85. The molecule has 1 saturated carbocycles. The quantitative estimate of drug-likeness (QED) is 0.189. The number of anilines is 2. The molecule has 0 aromatic heterocycles. The molecule has 0 unspecified atom stereocenters. The van der Waals surface area contributed by atoms with Crippen molar-refractivity contribution in [2.24, 2.45) is 5.92 Å². The molecule has 0 saturated heterocycles. The van der Waals surface area contributed by atoms with Crippen LogP contribution in [0, 0.1) is 17.6 Å². The maximum Gasteiger partial charge on any atom is 0.424 e. The van der Waals surface area contributed by atoms with Crippen molar-refractivity contribution in [3.05, 3.63) is 91.9 Å². The summed E-state index contributed by atoms with van der Waals surface area (Å²) in [5.41, 5.74) is -2.70. The molecule has 49 heavy (non-hydrogen) atoms. The second kappa shape index (κ2) is 14.2. The number of halogens is 7. The number of imide groups is 1. The zero-order valence-corrected chi connectivity index (χ0v) is 30.8. The minimum atomic E-state index is -1.44. The summed E-state index contributed by atoms with van der Waals surface area (Å²) in [5, 5.41) is 3.23. The molecule has 3 aromatic rings. The van der Waals surface area contributed by atoms with Crippen LogP contribution in [-0.4, -0.2) is 39.4 Å². The molecule has 3 amide bonds. The van der Waals surface area contributed by atoms with Gasteiger partial charge in [0.1, 0.15) is 27.2 Å². The van der Waals surface area contributed by atoms with Crippen molar-refractivity contribution in [3.8, 4) is 0 Å². The van der Waals surface area contributed by atoms with E-state index in [-0.39, 0.29) is 26.2 Å². The van der Waals surface area contributed by atoms with E-state index in [1.165, 1.54) is 59.7 Å². The van der Waals surface area contributed by atoms with E-state index in [1.807, 2.05) is 0 Å². The van der Waals surface area contributed by atoms with Gasteiger partial charge in [0.2, 0.25) is 5.91 Å². The average molecular weight is 779 g/mol. The third-order valence-corrected chi connectivity index (χ3v) is 9.04. The van der Waals surface area contributed by atoms with Crippen LogP contribution in [0.15, 0.2) is 48.5 Å². The largest absolute Gasteiger partial charge is 0.443 e. The lowest BCUT2D eigenvalue weighted by Gasteiger charge is -2.29. The lowest BCUT2D eigenvalue weighted by molar-refractivity contribution is -0.117. The summed E-state index contributed by atoms with van der Waals surface area (Å²) in [7, 11) is 0. The zero-order valence-electron chi connectivity index (χ0n) is 27.0. The summed E-state index contributed by atoms with van der Waals surface area (Å²) in [6.07, 6.45) is -3.28. The summed E-state index contributed by atoms with van der Waals surface area (Å²) in [6.45, 7) is 9.16. The van der Waals surface area contributed by atoms with Gasteiger partial charge in [-0.2, -0.15) is 4.90 Å². The van der Waals surface area contributed by atoms with Gasteiger partial charge < -0.3 is 14.8 Å². The lowest BCUT2D eigenvalue weighted by Crippen LogP contribution is -2.44. The molecule has 0 radical (unpaired) electrons. The molecule has 262 valence electrons. The molecule has 1 fully saturated rings. The normalized spacial score (nSPS) is 16.8. The molecule has 2 atom stereocenters. The van der Waals surface area contributed by atoms with Crippen LogP contribution in [0.1, 0.15) is 68.9 Å². The summed E-state index contributed by atoms with van der Waals surface area (Å²) in [5.74, 6) is -5.07. The van der Waals surface area contributed by atoms with Crippen LogP contribution in [-0.2, 0) is 20.7 Å². The Hall–Kier alpha value is -3.15. The highest BCUT2D eigenvalue weighted by atomic mass is 35.5. The first kappa shape index (κ1) is 38.6. The average Bonchev–Trinajstić information content (AvgIpc) is 3.53. The highest BCUT2D eigenvalue weighted by Gasteiger charge is 2.67. The van der Waals surface area contributed by atoms with Crippen molar-refractivity contribution in [2.75, 3.05) is 10.2 Å². The highest BCUT2D eigenvalue weighted by molar-refractivity contribution is 6.53. The molecule has 8 nitrogen and oxygen atoms in total. The number of nitrogens with one attached hydrogen (secondary N) is 1. The van der Waals surface area contributed by atoms with Gasteiger partial charge in [0.15, 0.2) is 5.78 Å². The number of alkyl halides is 2. The van der Waals surface area contributed by atoms with Gasteiger partial charge in [-0.1, -0.05) is 40.9 Å². The number of hydrogen-bond donors (Lipinski definition) is 1. The molecular weight excluding hydrogens is 748 g/mol. The Balaban J connectivity index is 1.55. The Labute approximate surface area is 306 Å². The standard InChI is InChI=1S/C34H31Cl5F2N2O6/c1-32(2,3)48-30(46)43(31(47)49-33(4,5)6)25-15-23(40)17(12-24(25)41)13-26(44)19-14-18(8-10-20(19)35)42-29(45)28-27(34(28,38)39)16-7-9-21(36)22(37)11-16/h7-12,14-15,27-28H,13H2,1-6H3,(H,42,45)/t27-,28+/m0/s1. The molecule has 0 aliphatic heterocycles. The van der Waals surface area contributed by atoms with Crippen LogP contribution in [0.5, 0.6) is 0 Å². The van der Waals surface area contributed by atoms with Gasteiger partial charge in [0.05, 0.1) is 26.7 Å². The number of carbonyl (C=O) groups is 4. The Morgan fingerprint density at radius 1 is 0.796 bits per heavy atom. The van der Waals surface area contributed by atoms with Gasteiger partial charge in [-0.15, -0.1) is 23.2 Å². The van der Waals surface area contributed by atoms with Crippen molar-refractivity contribution in [3.63, 3.8) is 0 Å². The van der Waals surface area contributed by atoms with E-state index >= 15 is 8.78 Å². The smallest absolute Gasteiger partial charge is 0.424 e. The summed E-state index contributed by atoms with van der Waals surface area (Å²) < 4.78 is 40.0. The number of hydrogen-bond acceptors (Lipinski definition) is 6. The van der Waals surface area contributed by atoms with E-state index in [4.69, 9.17) is 67.5 Å². The third-order valence-electron chi connectivity index (χ3n) is 7.03. The molecule has 3 aromatic carbocycles. The molecule has 1 aliphatic rings. The predicted octanol–water partition coefficient (Wildman–Crippen LogP) is 10.6. The Kier molecular flexibility index (Phi) is 11.2. The number of Topliss-reactive ketones (excluding diaryl/α,β-unsaturated/α-hetero) is 1. The first-order valence-corrected chi connectivity index (χ1v) is 16.6. The SMILES string of the molecule is CC(C)(C)OC(=O)N(C(=O)OC(C)(C)C)c1cc(F)c(CC(=O)c2cc(NC(=O)[C@H]3[C@H](c4ccc(Cl)c(Cl)c4)C3(Cl)Cl)ccc2Cl)cc1F. The Morgan fingerprint density at radius 2 is 1.37 bits per heavy atom. The minimum Gasteiger partial charge on any atom is -0.443 e. The topological polar surface area (TPSA) is 102 Å². The Bertz CT molecular complexity index is 1810. The van der Waals surface area contributed by atoms with Crippen molar-refractivity contribution < 1.29 is 37.4 Å². The fraction of sp³-hybridized carbons (Fsp3) is 0.353. The van der Waals surface area contributed by atoms with Gasteiger partial charge in [-0.25, -0.2) is 18.4 Å². The van der Waals surface area contributed by atoms with Crippen molar-refractivity contribution in [1.29, 1.82) is 0 Å². The van der Waals surface area contributed by atoms with E-state index in [1.54, 1.807) is 18.2 Å². The van der Waals surface area contributed by atoms with E-state index in [9.17, 15) is 19.2 Å². The summed E-state index contributed by atoms with van der Waals surface area (Å²) in [4.78, 5) is 52.6. The van der Waals surface area contributed by atoms with Gasteiger partial charge in [0, 0.05) is 29.7 Å². The number of amides is 3. The van der Waals surface area contributed by atoms with Gasteiger partial charge in [-0.05, 0) is 89.1 Å². The van der Waals surface area contributed by atoms with E-state index in [2.05, 4.69) is 5.32 Å². The number of ketones is 1. The highest BCUT2D eigenvalue weighted by Crippen LogP contribution is 2.65. The predicted molar refractivity (Wildman–Crippen MR) is 187 cm³/mol. The summed E-state index contributed by atoms with van der Waals surface area (Å²) in [6, 6.07) is 10.1. The molecule has 15 heteroatoms. The minimum absolute atomic E-state index is 0.0225. The van der Waals surface area contributed by atoms with Crippen LogP contribution in [0.4, 0.5) is 29.7 Å². The molecule has 0 bridgehead atoms. The van der Waals surface area contributed by atoms with Gasteiger partial charge in [-0.3, -0.25) is 9.59 Å². The molecule has 0 spiro atoms. The fourth-order valence-corrected chi connectivity index (χ4v) is 6.21. The second-order valence-electron chi connectivity index (χ2n) is 13.3. The number of rotatable bonds is 7. The van der Waals surface area contributed by atoms with Gasteiger partial charge in [0.25, 0.3) is 0 Å². The lowest BCUT2D eigenvalue weighted by atomic mass is 10.0. The van der Waals surface area contributed by atoms with E-state index < -0.39 is 80.6 Å². The van der Waals surface area contributed by atoms with Crippen molar-refractivity contribution >= 4 is 93.3 Å². The first-order chi connectivity index (χ1) is 22.5. The molecule has 1 N–H and O–H groups in total. The zero-order chi connectivity index (χ0) is 36.8. The van der Waals surface area contributed by atoms with Crippen LogP contribution in [0.25, 0.3) is 0 Å². The number of ether oxygens (including phenoxy) is 2. The van der Waals surface area contributed by atoms with Crippen LogP contribution in [0.3, 0.4) is 0 Å². The third kappa shape index (κ3) is 9.15. The number of carbonyl (C=O) groups excluding carboxylic acids is 4. The van der Waals surface area contributed by atoms with Crippen LogP contribution < -0.4 is 10.2 Å². The van der Waals surface area contributed by atoms with Crippen molar-refractivity contribution in [2.45, 2.75) is 69.4 Å². The number of benzene rings is 3. The Morgan fingerprint density at radius 3 is 1.92 bits per heavy atom.